The minimum absolute atomic E-state index is 0.245. The Bertz CT molecular complexity index is 1560. The normalized spacial score (nSPS) is 22.5. The van der Waals surface area contributed by atoms with Crippen molar-refractivity contribution in [1.29, 1.82) is 0 Å². The molecule has 2 saturated heterocycles. The molecule has 2 atom stereocenters. The van der Waals surface area contributed by atoms with Gasteiger partial charge in [0.15, 0.2) is 0 Å². The van der Waals surface area contributed by atoms with Gasteiger partial charge >= 0.3 is 6.18 Å². The van der Waals surface area contributed by atoms with Gasteiger partial charge < -0.3 is 10.1 Å². The molecule has 3 aromatic carbocycles. The summed E-state index contributed by atoms with van der Waals surface area (Å²) in [6.45, 7) is 1.31. The van der Waals surface area contributed by atoms with Gasteiger partial charge in [-0.15, -0.1) is 0 Å². The zero-order chi connectivity index (χ0) is 30.2. The molecule has 228 valence electrons. The van der Waals surface area contributed by atoms with Crippen molar-refractivity contribution in [3.8, 4) is 5.75 Å². The Labute approximate surface area is 249 Å². The van der Waals surface area contributed by atoms with Gasteiger partial charge in [0.25, 0.3) is 0 Å². The van der Waals surface area contributed by atoms with Crippen LogP contribution in [0, 0.1) is 0 Å². The minimum Gasteiger partial charge on any atom is -0.493 e. The minimum atomic E-state index is -4.70. The zero-order valence-electron chi connectivity index (χ0n) is 23.5. The molecule has 2 fully saturated rings. The Morgan fingerprint density at radius 2 is 1.65 bits per heavy atom. The third-order valence-corrected chi connectivity index (χ3v) is 10.3. The van der Waals surface area contributed by atoms with E-state index >= 15 is 0 Å². The second-order valence-electron chi connectivity index (χ2n) is 11.6. The number of carbonyl (C=O) groups excluding carboxylic acids is 1. The lowest BCUT2D eigenvalue weighted by molar-refractivity contribution is -0.137. The van der Waals surface area contributed by atoms with Crippen LogP contribution in [0.4, 0.5) is 13.2 Å². The van der Waals surface area contributed by atoms with Gasteiger partial charge in [0.2, 0.25) is 15.9 Å². The van der Waals surface area contributed by atoms with Crippen LogP contribution in [-0.4, -0.2) is 37.9 Å². The van der Waals surface area contributed by atoms with Gasteiger partial charge in [0.05, 0.1) is 29.1 Å². The van der Waals surface area contributed by atoms with Crippen LogP contribution in [0.2, 0.25) is 0 Å². The summed E-state index contributed by atoms with van der Waals surface area (Å²) in [6, 6.07) is 18.2. The highest BCUT2D eigenvalue weighted by atomic mass is 32.2. The number of alkyl halides is 3. The third kappa shape index (κ3) is 6.58. The Hall–Kier alpha value is -3.41. The van der Waals surface area contributed by atoms with Crippen LogP contribution >= 0.6 is 0 Å². The van der Waals surface area contributed by atoms with E-state index in [1.165, 1.54) is 31.2 Å². The number of sulfonamides is 1. The van der Waals surface area contributed by atoms with E-state index < -0.39 is 38.6 Å². The Morgan fingerprint density at radius 3 is 2.35 bits per heavy atom. The predicted molar refractivity (Wildman–Crippen MR) is 155 cm³/mol. The second kappa shape index (κ2) is 11.9. The van der Waals surface area contributed by atoms with Crippen LogP contribution in [0.5, 0.6) is 5.75 Å². The van der Waals surface area contributed by atoms with Gasteiger partial charge in [-0.25, -0.2) is 13.1 Å². The molecule has 2 N–H and O–H groups in total. The molecule has 6 rings (SSSR count). The summed E-state index contributed by atoms with van der Waals surface area (Å²) in [5, 5.41) is 3.03. The fourth-order valence-electron chi connectivity index (χ4n) is 6.62. The average Bonchev–Trinajstić information content (AvgIpc) is 3.55. The van der Waals surface area contributed by atoms with Gasteiger partial charge in [-0.3, -0.25) is 9.69 Å². The number of amides is 1. The summed E-state index contributed by atoms with van der Waals surface area (Å²) in [7, 11) is -4.39. The summed E-state index contributed by atoms with van der Waals surface area (Å²) in [6.07, 6.45) is 0.672. The molecule has 3 aliphatic rings. The molecular formula is C32H34F3N3O4S. The lowest BCUT2D eigenvalue weighted by atomic mass is 9.97. The van der Waals surface area contributed by atoms with Crippen LogP contribution in [0.15, 0.2) is 77.7 Å². The zero-order valence-corrected chi connectivity index (χ0v) is 24.3. The molecule has 0 aromatic heterocycles. The lowest BCUT2D eigenvalue weighted by Crippen LogP contribution is -2.36. The maximum Gasteiger partial charge on any atom is 0.416 e. The van der Waals surface area contributed by atoms with Crippen molar-refractivity contribution in [3.05, 3.63) is 95.1 Å². The van der Waals surface area contributed by atoms with Gasteiger partial charge in [-0.2, -0.15) is 13.2 Å². The van der Waals surface area contributed by atoms with Crippen LogP contribution < -0.4 is 14.8 Å². The molecule has 43 heavy (non-hydrogen) atoms. The number of hydrogen-bond donors (Lipinski definition) is 2. The number of hydrogen-bond acceptors (Lipinski definition) is 5. The first-order chi connectivity index (χ1) is 20.6. The molecular weight excluding hydrogens is 579 g/mol. The number of rotatable bonds is 9. The highest BCUT2D eigenvalue weighted by molar-refractivity contribution is 7.89. The van der Waals surface area contributed by atoms with Crippen molar-refractivity contribution in [2.75, 3.05) is 6.61 Å². The molecule has 0 saturated carbocycles. The number of halogens is 3. The fraction of sp³-hybridized carbons (Fsp3) is 0.406. The van der Waals surface area contributed by atoms with E-state index in [9.17, 15) is 26.4 Å². The first-order valence-electron chi connectivity index (χ1n) is 14.6. The van der Waals surface area contributed by atoms with Crippen molar-refractivity contribution >= 4 is 15.9 Å². The fourth-order valence-corrected chi connectivity index (χ4v) is 7.89. The summed E-state index contributed by atoms with van der Waals surface area (Å²) in [5.41, 5.74) is 1.49. The molecule has 7 nitrogen and oxygen atoms in total. The molecule has 1 unspecified atom stereocenters. The summed E-state index contributed by atoms with van der Waals surface area (Å²) in [4.78, 5) is 15.4. The number of benzene rings is 3. The van der Waals surface area contributed by atoms with Crippen LogP contribution in [-0.2, 0) is 27.5 Å². The molecule has 0 radical (unpaired) electrons. The summed E-state index contributed by atoms with van der Waals surface area (Å²) >= 11 is 0. The maximum atomic E-state index is 13.3. The smallest absolute Gasteiger partial charge is 0.416 e. The summed E-state index contributed by atoms with van der Waals surface area (Å²) in [5.74, 6) is 0.349. The topological polar surface area (TPSA) is 87.7 Å². The van der Waals surface area contributed by atoms with E-state index in [-0.39, 0.29) is 12.5 Å². The number of carbonyl (C=O) groups is 1. The first-order valence-corrected chi connectivity index (χ1v) is 16.1. The Balaban J connectivity index is 1.16. The average molecular weight is 614 g/mol. The number of fused-ring (bicyclic) bond motifs is 3. The van der Waals surface area contributed by atoms with Crippen molar-refractivity contribution in [2.45, 2.75) is 80.3 Å². The second-order valence-corrected chi connectivity index (χ2v) is 13.3. The van der Waals surface area contributed by atoms with Crippen molar-refractivity contribution < 1.29 is 31.1 Å². The van der Waals surface area contributed by atoms with E-state index in [1.807, 2.05) is 6.07 Å². The van der Waals surface area contributed by atoms with Crippen LogP contribution in [0.1, 0.15) is 72.9 Å². The van der Waals surface area contributed by atoms with Gasteiger partial charge in [-0.1, -0.05) is 48.5 Å². The van der Waals surface area contributed by atoms with Gasteiger partial charge in [-0.05, 0) is 61.1 Å². The van der Waals surface area contributed by atoms with Gasteiger partial charge in [0, 0.05) is 37.0 Å². The molecule has 11 heteroatoms. The van der Waals surface area contributed by atoms with Crippen LogP contribution in [0.25, 0.3) is 0 Å². The molecule has 1 amide bonds. The van der Waals surface area contributed by atoms with Gasteiger partial charge in [0.1, 0.15) is 5.75 Å². The van der Waals surface area contributed by atoms with E-state index in [0.717, 1.165) is 36.1 Å². The lowest BCUT2D eigenvalue weighted by Gasteiger charge is -2.29. The summed E-state index contributed by atoms with van der Waals surface area (Å²) < 4.78 is 74.6. The molecule has 3 aromatic rings. The van der Waals surface area contributed by atoms with E-state index in [4.69, 9.17) is 4.74 Å². The standard InChI is InChI=1S/C32H34F3N3O4S/c33-32(34,35)23-7-4-8-26(18-23)43(40,41)37-29(22-5-2-1-3-6-22)19-31(39)36-28-15-16-42-30-17-21(9-14-27(28)30)20-38-24-10-11-25(38)13-12-24/h1-9,14,17-18,24-25,28-29,37H,10-13,15-16,19-20H2,(H,36,39)/t24?,25?,28-,29?/m1/s1. The van der Waals surface area contributed by atoms with Crippen molar-refractivity contribution in [2.24, 2.45) is 0 Å². The molecule has 3 heterocycles. The Kier molecular flexibility index (Phi) is 8.23. The van der Waals surface area contributed by atoms with E-state index in [2.05, 4.69) is 27.1 Å². The SMILES string of the molecule is O=C(CC(NS(=O)(=O)c1cccc(C(F)(F)F)c1)c1ccccc1)N[C@@H]1CCOc2cc(CN3C4CCC3CC4)ccc21. The molecule has 0 aliphatic carbocycles. The monoisotopic (exact) mass is 613 g/mol. The predicted octanol–water partition coefficient (Wildman–Crippen LogP) is 5.88. The molecule has 2 bridgehead atoms. The highest BCUT2D eigenvalue weighted by Crippen LogP contribution is 2.40. The van der Waals surface area contributed by atoms with Crippen LogP contribution in [0.3, 0.4) is 0 Å². The number of nitrogens with zero attached hydrogens (tertiary/aromatic N) is 1. The molecule has 0 spiro atoms. The number of nitrogens with one attached hydrogen (secondary N) is 2. The third-order valence-electron chi connectivity index (χ3n) is 8.78. The van der Waals surface area contributed by atoms with Crippen molar-refractivity contribution in [1.82, 2.24) is 14.9 Å². The quantitative estimate of drug-likeness (QED) is 0.315. The highest BCUT2D eigenvalue weighted by Gasteiger charge is 2.39. The van der Waals surface area contributed by atoms with E-state index in [0.29, 0.717) is 36.7 Å². The molecule has 3 aliphatic heterocycles. The maximum absolute atomic E-state index is 13.3. The Morgan fingerprint density at radius 1 is 0.930 bits per heavy atom. The van der Waals surface area contributed by atoms with E-state index in [1.54, 1.807) is 30.3 Å². The number of ether oxygens (including phenoxy) is 1. The van der Waals surface area contributed by atoms with Crippen molar-refractivity contribution in [3.63, 3.8) is 0 Å². The largest absolute Gasteiger partial charge is 0.493 e. The first kappa shape index (κ1) is 29.7.